The van der Waals surface area contributed by atoms with Crippen LogP contribution in [0.2, 0.25) is 0 Å². The lowest BCUT2D eigenvalue weighted by Crippen LogP contribution is -2.36. The number of hydrogen-bond donors (Lipinski definition) is 1. The number of nitrogens with one attached hydrogen (secondary N) is 1. The molecule has 1 atom stereocenters. The third-order valence-electron chi connectivity index (χ3n) is 4.36. The number of ether oxygens (including phenoxy) is 1. The van der Waals surface area contributed by atoms with Gasteiger partial charge >= 0.3 is 0 Å². The first-order valence-electron chi connectivity index (χ1n) is 7.90. The van der Waals surface area contributed by atoms with E-state index in [-0.39, 0.29) is 11.7 Å². The monoisotopic (exact) mass is 321 g/mol. The maximum absolute atomic E-state index is 14.0. The minimum Gasteiger partial charge on any atom is -0.381 e. The van der Waals surface area contributed by atoms with Crippen molar-refractivity contribution in [2.45, 2.75) is 38.8 Å². The van der Waals surface area contributed by atoms with Crippen LogP contribution in [0.25, 0.3) is 5.69 Å². The lowest BCUT2D eigenvalue weighted by molar-refractivity contribution is 0.0754. The molecule has 6 heteroatoms. The summed E-state index contributed by atoms with van der Waals surface area (Å²) in [5.41, 5.74) is 2.12. The summed E-state index contributed by atoms with van der Waals surface area (Å²) in [6.45, 7) is 5.53. The molecule has 1 aromatic carbocycles. The first-order valence-corrected chi connectivity index (χ1v) is 7.90. The van der Waals surface area contributed by atoms with Crippen LogP contribution < -0.4 is 5.32 Å². The van der Waals surface area contributed by atoms with Gasteiger partial charge in [-0.1, -0.05) is 0 Å². The second-order valence-corrected chi connectivity index (χ2v) is 5.97. The third-order valence-corrected chi connectivity index (χ3v) is 4.36. The summed E-state index contributed by atoms with van der Waals surface area (Å²) in [6.07, 6.45) is 3.73. The van der Waals surface area contributed by atoms with Crippen molar-refractivity contribution in [3.05, 3.63) is 47.3 Å². The molecule has 0 amide bonds. The molecule has 0 bridgehead atoms. The first kappa shape index (κ1) is 16.1. The zero-order valence-electron chi connectivity index (χ0n) is 13.4. The molecule has 1 aliphatic heterocycles. The summed E-state index contributed by atoms with van der Waals surface area (Å²) in [6, 6.07) is 4.05. The Morgan fingerprint density at radius 3 is 2.74 bits per heavy atom. The lowest BCUT2D eigenvalue weighted by atomic mass is 10.0. The Hall–Kier alpha value is -1.79. The van der Waals surface area contributed by atoms with E-state index in [1.165, 1.54) is 16.8 Å². The van der Waals surface area contributed by atoms with Crippen molar-refractivity contribution in [2.24, 2.45) is 0 Å². The molecule has 3 rings (SSSR count). The van der Waals surface area contributed by atoms with E-state index in [0.717, 1.165) is 43.4 Å². The molecule has 1 aliphatic rings. The largest absolute Gasteiger partial charge is 0.381 e. The van der Waals surface area contributed by atoms with Crippen molar-refractivity contribution >= 4 is 0 Å². The zero-order valence-corrected chi connectivity index (χ0v) is 13.4. The van der Waals surface area contributed by atoms with Crippen LogP contribution in [0.1, 0.15) is 37.1 Å². The van der Waals surface area contributed by atoms with Crippen molar-refractivity contribution in [1.82, 2.24) is 15.1 Å². The summed E-state index contributed by atoms with van der Waals surface area (Å²) < 4.78 is 33.9. The molecule has 0 aliphatic carbocycles. The number of nitrogens with zero attached hydrogens (tertiary/aromatic N) is 2. The molecule has 0 unspecified atom stereocenters. The topological polar surface area (TPSA) is 39.1 Å². The summed E-state index contributed by atoms with van der Waals surface area (Å²) in [7, 11) is 0. The van der Waals surface area contributed by atoms with Gasteiger partial charge in [-0.15, -0.1) is 0 Å². The van der Waals surface area contributed by atoms with Crippen molar-refractivity contribution in [3.63, 3.8) is 0 Å². The van der Waals surface area contributed by atoms with Gasteiger partial charge in [0.2, 0.25) is 0 Å². The average molecular weight is 321 g/mol. The van der Waals surface area contributed by atoms with Crippen LogP contribution in [0.5, 0.6) is 0 Å². The number of rotatable bonds is 4. The average Bonchev–Trinajstić information content (AvgIpc) is 2.90. The highest BCUT2D eigenvalue weighted by atomic mass is 19.1. The molecule has 23 heavy (non-hydrogen) atoms. The van der Waals surface area contributed by atoms with Gasteiger partial charge < -0.3 is 10.1 Å². The molecule has 0 saturated carbocycles. The molecule has 2 heterocycles. The van der Waals surface area contributed by atoms with Gasteiger partial charge in [-0.05, 0) is 38.8 Å². The fraction of sp³-hybridized carbons (Fsp3) is 0.471. The minimum absolute atomic E-state index is 0.107. The van der Waals surface area contributed by atoms with Gasteiger partial charge in [0.15, 0.2) is 5.82 Å². The van der Waals surface area contributed by atoms with E-state index >= 15 is 0 Å². The Balaban J connectivity index is 1.80. The number of halogens is 2. The molecule has 1 aromatic heterocycles. The quantitative estimate of drug-likeness (QED) is 0.939. The zero-order chi connectivity index (χ0) is 16.4. The predicted octanol–water partition coefficient (Wildman–Crippen LogP) is 3.29. The van der Waals surface area contributed by atoms with E-state index in [1.807, 2.05) is 6.92 Å². The van der Waals surface area contributed by atoms with E-state index < -0.39 is 11.6 Å². The predicted molar refractivity (Wildman–Crippen MR) is 83.6 cm³/mol. The van der Waals surface area contributed by atoms with E-state index in [0.29, 0.717) is 6.04 Å². The van der Waals surface area contributed by atoms with Crippen LogP contribution in [0, 0.1) is 18.6 Å². The molecular formula is C17H21F2N3O. The van der Waals surface area contributed by atoms with E-state index in [4.69, 9.17) is 4.74 Å². The molecule has 4 nitrogen and oxygen atoms in total. The molecular weight excluding hydrogens is 300 g/mol. The van der Waals surface area contributed by atoms with Crippen LogP contribution in [0.4, 0.5) is 8.78 Å². The maximum atomic E-state index is 14.0. The first-order chi connectivity index (χ1) is 11.1. The second kappa shape index (κ2) is 6.76. The van der Waals surface area contributed by atoms with E-state index in [1.54, 1.807) is 6.20 Å². The third kappa shape index (κ3) is 3.43. The van der Waals surface area contributed by atoms with Gasteiger partial charge in [-0.25, -0.2) is 13.5 Å². The van der Waals surface area contributed by atoms with Gasteiger partial charge in [-0.3, -0.25) is 0 Å². The van der Waals surface area contributed by atoms with Gasteiger partial charge in [-0.2, -0.15) is 5.10 Å². The number of benzene rings is 1. The standard InChI is InChI=1S/C17H21F2N3O/c1-11(21-14-5-7-23-8-6-14)15-10-20-22(12(15)2)17-4-3-13(18)9-16(17)19/h3-4,9-11,14,21H,5-8H2,1-2H3/t11-/m0/s1. The Labute approximate surface area is 134 Å². The van der Waals surface area contributed by atoms with Gasteiger partial charge in [0.05, 0.1) is 6.20 Å². The SMILES string of the molecule is Cc1c([C@H](C)NC2CCOCC2)cnn1-c1ccc(F)cc1F. The van der Waals surface area contributed by atoms with Crippen molar-refractivity contribution < 1.29 is 13.5 Å². The summed E-state index contributed by atoms with van der Waals surface area (Å²) in [5, 5.41) is 7.86. The Morgan fingerprint density at radius 2 is 2.04 bits per heavy atom. The van der Waals surface area contributed by atoms with Gasteiger partial charge in [0, 0.05) is 42.6 Å². The fourth-order valence-corrected chi connectivity index (χ4v) is 3.05. The Bertz CT molecular complexity index is 680. The number of hydrogen-bond acceptors (Lipinski definition) is 3. The molecule has 0 spiro atoms. The fourth-order valence-electron chi connectivity index (χ4n) is 3.05. The lowest BCUT2D eigenvalue weighted by Gasteiger charge is -2.26. The van der Waals surface area contributed by atoms with E-state index in [9.17, 15) is 8.78 Å². The van der Waals surface area contributed by atoms with Crippen LogP contribution >= 0.6 is 0 Å². The highest BCUT2D eigenvalue weighted by molar-refractivity contribution is 5.37. The van der Waals surface area contributed by atoms with Crippen LogP contribution in [0.3, 0.4) is 0 Å². The smallest absolute Gasteiger partial charge is 0.151 e. The highest BCUT2D eigenvalue weighted by Crippen LogP contribution is 2.23. The maximum Gasteiger partial charge on any atom is 0.151 e. The minimum atomic E-state index is -0.618. The van der Waals surface area contributed by atoms with Crippen molar-refractivity contribution in [1.29, 1.82) is 0 Å². The van der Waals surface area contributed by atoms with Gasteiger partial charge in [0.1, 0.15) is 11.5 Å². The molecule has 0 radical (unpaired) electrons. The molecule has 1 saturated heterocycles. The van der Waals surface area contributed by atoms with E-state index in [2.05, 4.69) is 17.3 Å². The second-order valence-electron chi connectivity index (χ2n) is 5.97. The Morgan fingerprint density at radius 1 is 1.30 bits per heavy atom. The van der Waals surface area contributed by atoms with Gasteiger partial charge in [0.25, 0.3) is 0 Å². The Kier molecular flexibility index (Phi) is 4.73. The normalized spacial score (nSPS) is 17.4. The summed E-state index contributed by atoms with van der Waals surface area (Å²) >= 11 is 0. The van der Waals surface area contributed by atoms with Crippen LogP contribution in [0.15, 0.2) is 24.4 Å². The van der Waals surface area contributed by atoms with Crippen LogP contribution in [-0.2, 0) is 4.74 Å². The van der Waals surface area contributed by atoms with Crippen molar-refractivity contribution in [3.8, 4) is 5.69 Å². The molecule has 1 N–H and O–H groups in total. The molecule has 2 aromatic rings. The van der Waals surface area contributed by atoms with Crippen LogP contribution in [-0.4, -0.2) is 29.0 Å². The van der Waals surface area contributed by atoms with Crippen molar-refractivity contribution in [2.75, 3.05) is 13.2 Å². The summed E-state index contributed by atoms with van der Waals surface area (Å²) in [5.74, 6) is -1.21. The molecule has 124 valence electrons. The molecule has 1 fully saturated rings. The highest BCUT2D eigenvalue weighted by Gasteiger charge is 2.20. The number of aromatic nitrogens is 2. The summed E-state index contributed by atoms with van der Waals surface area (Å²) in [4.78, 5) is 0.